The Labute approximate surface area is 90.8 Å². The van der Waals surface area contributed by atoms with Crippen LogP contribution in [0.4, 0.5) is 0 Å². The highest BCUT2D eigenvalue weighted by Crippen LogP contribution is 2.21. The van der Waals surface area contributed by atoms with Crippen LogP contribution in [0.5, 0.6) is 0 Å². The Morgan fingerprint density at radius 1 is 1.60 bits per heavy atom. The Bertz CT molecular complexity index is 506. The number of oxazole rings is 1. The third-order valence-electron chi connectivity index (χ3n) is 1.98. The monoisotopic (exact) mass is 225 g/mol. The molecule has 4 nitrogen and oxygen atoms in total. The number of para-hydroxylation sites is 1. The van der Waals surface area contributed by atoms with E-state index in [-0.39, 0.29) is 5.88 Å². The third kappa shape index (κ3) is 1.68. The van der Waals surface area contributed by atoms with E-state index in [0.29, 0.717) is 22.6 Å². The number of carbonyl (C=O) groups excluding carboxylic acids is 1. The number of esters is 1. The zero-order valence-electron chi connectivity index (χ0n) is 7.99. The second-order valence-corrected chi connectivity index (χ2v) is 3.15. The van der Waals surface area contributed by atoms with Crippen molar-refractivity contribution in [3.8, 4) is 0 Å². The maximum atomic E-state index is 11.4. The summed E-state index contributed by atoms with van der Waals surface area (Å²) in [5, 5.41) is 0. The molecule has 0 amide bonds. The molecule has 1 aromatic heterocycles. The fraction of sp³-hybridized carbons (Fsp3) is 0.200. The van der Waals surface area contributed by atoms with E-state index >= 15 is 0 Å². The predicted octanol–water partition coefficient (Wildman–Crippen LogP) is 2.35. The molecule has 0 aliphatic heterocycles. The highest BCUT2D eigenvalue weighted by atomic mass is 35.5. The number of aromatic nitrogens is 1. The van der Waals surface area contributed by atoms with Gasteiger partial charge < -0.3 is 9.15 Å². The average Bonchev–Trinajstić information content (AvgIpc) is 2.70. The van der Waals surface area contributed by atoms with Crippen LogP contribution in [-0.4, -0.2) is 18.1 Å². The fourth-order valence-electron chi connectivity index (χ4n) is 1.32. The lowest BCUT2D eigenvalue weighted by Gasteiger charge is -1.97. The molecule has 0 N–H and O–H groups in total. The van der Waals surface area contributed by atoms with Gasteiger partial charge in [-0.1, -0.05) is 6.07 Å². The molecule has 0 radical (unpaired) electrons. The highest BCUT2D eigenvalue weighted by molar-refractivity contribution is 6.16. The van der Waals surface area contributed by atoms with Gasteiger partial charge in [-0.3, -0.25) is 0 Å². The minimum Gasteiger partial charge on any atom is -0.465 e. The Morgan fingerprint density at radius 3 is 3.07 bits per heavy atom. The van der Waals surface area contributed by atoms with Crippen LogP contribution in [0.2, 0.25) is 0 Å². The standard InChI is InChI=1S/C10H8ClNO3/c1-14-10(13)6-3-2-4-7-9(6)15-8(5-11)12-7/h2-4H,5H2,1H3. The molecular weight excluding hydrogens is 218 g/mol. The summed E-state index contributed by atoms with van der Waals surface area (Å²) in [7, 11) is 1.32. The lowest BCUT2D eigenvalue weighted by Crippen LogP contribution is -2.00. The first-order chi connectivity index (χ1) is 7.26. The number of fused-ring (bicyclic) bond motifs is 1. The zero-order chi connectivity index (χ0) is 10.8. The van der Waals surface area contributed by atoms with E-state index in [2.05, 4.69) is 9.72 Å². The first kappa shape index (κ1) is 9.98. The second-order valence-electron chi connectivity index (χ2n) is 2.89. The van der Waals surface area contributed by atoms with Gasteiger partial charge in [0.25, 0.3) is 0 Å². The minimum atomic E-state index is -0.446. The summed E-state index contributed by atoms with van der Waals surface area (Å²) in [5.74, 6) is 0.121. The van der Waals surface area contributed by atoms with Gasteiger partial charge in [-0.05, 0) is 12.1 Å². The molecule has 0 fully saturated rings. The van der Waals surface area contributed by atoms with E-state index < -0.39 is 5.97 Å². The van der Waals surface area contributed by atoms with Crippen molar-refractivity contribution in [2.75, 3.05) is 7.11 Å². The first-order valence-corrected chi connectivity index (χ1v) is 4.82. The van der Waals surface area contributed by atoms with Crippen LogP contribution < -0.4 is 0 Å². The van der Waals surface area contributed by atoms with Gasteiger partial charge in [-0.15, -0.1) is 11.6 Å². The molecule has 15 heavy (non-hydrogen) atoms. The molecule has 2 rings (SSSR count). The molecule has 0 aliphatic rings. The lowest BCUT2D eigenvalue weighted by molar-refractivity contribution is 0.0601. The summed E-state index contributed by atoms with van der Waals surface area (Å²) in [6.07, 6.45) is 0. The summed E-state index contributed by atoms with van der Waals surface area (Å²) in [6.45, 7) is 0. The van der Waals surface area contributed by atoms with Gasteiger partial charge in [-0.25, -0.2) is 9.78 Å². The van der Waals surface area contributed by atoms with E-state index in [1.54, 1.807) is 18.2 Å². The van der Waals surface area contributed by atoms with Crippen molar-refractivity contribution >= 4 is 28.7 Å². The molecule has 1 heterocycles. The fourth-order valence-corrected chi connectivity index (χ4v) is 1.44. The van der Waals surface area contributed by atoms with Crippen LogP contribution in [0.1, 0.15) is 16.2 Å². The number of ether oxygens (including phenoxy) is 1. The van der Waals surface area contributed by atoms with Gasteiger partial charge in [0.05, 0.1) is 13.0 Å². The van der Waals surface area contributed by atoms with Crippen molar-refractivity contribution in [3.05, 3.63) is 29.7 Å². The predicted molar refractivity (Wildman–Crippen MR) is 54.9 cm³/mol. The van der Waals surface area contributed by atoms with Gasteiger partial charge >= 0.3 is 5.97 Å². The van der Waals surface area contributed by atoms with E-state index in [4.69, 9.17) is 16.0 Å². The van der Waals surface area contributed by atoms with Crippen molar-refractivity contribution in [3.63, 3.8) is 0 Å². The van der Waals surface area contributed by atoms with Crippen molar-refractivity contribution < 1.29 is 13.9 Å². The van der Waals surface area contributed by atoms with Gasteiger partial charge in [0.15, 0.2) is 5.58 Å². The van der Waals surface area contributed by atoms with E-state index in [1.807, 2.05) is 0 Å². The van der Waals surface area contributed by atoms with Gasteiger partial charge in [0.1, 0.15) is 11.1 Å². The highest BCUT2D eigenvalue weighted by Gasteiger charge is 2.15. The van der Waals surface area contributed by atoms with Crippen LogP contribution in [-0.2, 0) is 10.6 Å². The summed E-state index contributed by atoms with van der Waals surface area (Å²) < 4.78 is 9.95. The Morgan fingerprint density at radius 2 is 2.40 bits per heavy atom. The van der Waals surface area contributed by atoms with Crippen LogP contribution in [0.15, 0.2) is 22.6 Å². The van der Waals surface area contributed by atoms with Crippen molar-refractivity contribution in [2.45, 2.75) is 5.88 Å². The molecule has 2 aromatic rings. The summed E-state index contributed by atoms with van der Waals surface area (Å²) >= 11 is 5.59. The van der Waals surface area contributed by atoms with Gasteiger partial charge in [0, 0.05) is 0 Å². The Balaban J connectivity index is 2.64. The average molecular weight is 226 g/mol. The zero-order valence-corrected chi connectivity index (χ0v) is 8.75. The molecule has 5 heteroatoms. The lowest BCUT2D eigenvalue weighted by atomic mass is 10.2. The largest absolute Gasteiger partial charge is 0.465 e. The molecule has 0 saturated carbocycles. The van der Waals surface area contributed by atoms with E-state index in [0.717, 1.165) is 0 Å². The summed E-state index contributed by atoms with van der Waals surface area (Å²) in [4.78, 5) is 15.5. The van der Waals surface area contributed by atoms with Crippen molar-refractivity contribution in [1.29, 1.82) is 0 Å². The number of rotatable bonds is 2. The maximum absolute atomic E-state index is 11.4. The smallest absolute Gasteiger partial charge is 0.341 e. The number of benzene rings is 1. The molecule has 78 valence electrons. The molecule has 0 atom stereocenters. The summed E-state index contributed by atoms with van der Waals surface area (Å²) in [6, 6.07) is 5.09. The first-order valence-electron chi connectivity index (χ1n) is 4.29. The normalized spacial score (nSPS) is 10.5. The third-order valence-corrected chi connectivity index (χ3v) is 2.21. The molecule has 0 saturated heterocycles. The number of halogens is 1. The Hall–Kier alpha value is -1.55. The molecule has 0 spiro atoms. The molecule has 0 aliphatic carbocycles. The molecular formula is C10H8ClNO3. The quantitative estimate of drug-likeness (QED) is 0.582. The maximum Gasteiger partial charge on any atom is 0.341 e. The van der Waals surface area contributed by atoms with Crippen LogP contribution in [0.3, 0.4) is 0 Å². The molecule has 0 unspecified atom stereocenters. The number of nitrogens with zero attached hydrogens (tertiary/aromatic N) is 1. The molecule has 0 bridgehead atoms. The summed E-state index contributed by atoms with van der Waals surface area (Å²) in [5.41, 5.74) is 1.38. The number of methoxy groups -OCH3 is 1. The number of hydrogen-bond donors (Lipinski definition) is 0. The minimum absolute atomic E-state index is 0.176. The van der Waals surface area contributed by atoms with E-state index in [9.17, 15) is 4.79 Å². The topological polar surface area (TPSA) is 52.3 Å². The van der Waals surface area contributed by atoms with Crippen LogP contribution >= 0.6 is 11.6 Å². The number of carbonyl (C=O) groups is 1. The number of alkyl halides is 1. The van der Waals surface area contributed by atoms with Crippen LogP contribution in [0, 0.1) is 0 Å². The Kier molecular flexibility index (Phi) is 2.60. The van der Waals surface area contributed by atoms with E-state index in [1.165, 1.54) is 7.11 Å². The van der Waals surface area contributed by atoms with Gasteiger partial charge in [0.2, 0.25) is 5.89 Å². The second kappa shape index (κ2) is 3.90. The SMILES string of the molecule is COC(=O)c1cccc2nc(CCl)oc12. The van der Waals surface area contributed by atoms with Crippen LogP contribution in [0.25, 0.3) is 11.1 Å². The van der Waals surface area contributed by atoms with Gasteiger partial charge in [-0.2, -0.15) is 0 Å². The van der Waals surface area contributed by atoms with Crippen molar-refractivity contribution in [1.82, 2.24) is 4.98 Å². The van der Waals surface area contributed by atoms with Crippen molar-refractivity contribution in [2.24, 2.45) is 0 Å². The molecule has 1 aromatic carbocycles. The number of hydrogen-bond acceptors (Lipinski definition) is 4.